The molecule has 0 saturated carbocycles. The Morgan fingerprint density at radius 1 is 1.15 bits per heavy atom. The van der Waals surface area contributed by atoms with Crippen LogP contribution >= 0.6 is 0 Å². The normalized spacial score (nSPS) is 10.9. The van der Waals surface area contributed by atoms with Crippen molar-refractivity contribution in [2.45, 2.75) is 6.92 Å². The van der Waals surface area contributed by atoms with E-state index in [-0.39, 0.29) is 5.91 Å². The number of fused-ring (bicyclic) bond motifs is 1. The van der Waals surface area contributed by atoms with Crippen molar-refractivity contribution < 1.29 is 4.79 Å². The van der Waals surface area contributed by atoms with Gasteiger partial charge in [0, 0.05) is 30.4 Å². The standard InChI is InChI=1S/C19H22N6O/c1-13-12-16(24-19(22-13)21-10-11-25(2)3)18(26)23-15-8-4-6-14-7-5-9-20-17(14)15/h4-9,12H,10-11H2,1-3H3,(H,23,26)(H,21,22,24). The summed E-state index contributed by atoms with van der Waals surface area (Å²) in [5, 5.41) is 7.02. The molecule has 1 aromatic carbocycles. The molecule has 0 saturated heterocycles. The Labute approximate surface area is 152 Å². The number of hydrogen-bond donors (Lipinski definition) is 2. The molecule has 7 nitrogen and oxygen atoms in total. The van der Waals surface area contributed by atoms with Crippen LogP contribution < -0.4 is 10.6 Å². The molecule has 0 fully saturated rings. The van der Waals surface area contributed by atoms with Gasteiger partial charge in [0.2, 0.25) is 5.95 Å². The van der Waals surface area contributed by atoms with Crippen LogP contribution in [0.25, 0.3) is 10.9 Å². The van der Waals surface area contributed by atoms with E-state index in [4.69, 9.17) is 0 Å². The topological polar surface area (TPSA) is 83.0 Å². The molecular formula is C19H22N6O. The van der Waals surface area contributed by atoms with Gasteiger partial charge in [-0.25, -0.2) is 9.97 Å². The third-order valence-electron chi connectivity index (χ3n) is 3.81. The maximum Gasteiger partial charge on any atom is 0.274 e. The first-order chi connectivity index (χ1) is 12.5. The van der Waals surface area contributed by atoms with E-state index < -0.39 is 0 Å². The molecule has 2 aromatic heterocycles. The van der Waals surface area contributed by atoms with Crippen molar-refractivity contribution >= 4 is 28.4 Å². The highest BCUT2D eigenvalue weighted by atomic mass is 16.1. The van der Waals surface area contributed by atoms with E-state index in [2.05, 4.69) is 30.5 Å². The van der Waals surface area contributed by atoms with Gasteiger partial charge in [0.1, 0.15) is 5.69 Å². The number of likely N-dealkylation sites (N-methyl/N-ethyl adjacent to an activating group) is 1. The molecule has 7 heteroatoms. The lowest BCUT2D eigenvalue weighted by Crippen LogP contribution is -2.22. The van der Waals surface area contributed by atoms with E-state index >= 15 is 0 Å². The van der Waals surface area contributed by atoms with Crippen LogP contribution in [0.2, 0.25) is 0 Å². The summed E-state index contributed by atoms with van der Waals surface area (Å²) < 4.78 is 0. The summed E-state index contributed by atoms with van der Waals surface area (Å²) in [7, 11) is 3.99. The third kappa shape index (κ3) is 4.31. The van der Waals surface area contributed by atoms with Gasteiger partial charge >= 0.3 is 0 Å². The molecule has 0 spiro atoms. The Morgan fingerprint density at radius 2 is 1.96 bits per heavy atom. The van der Waals surface area contributed by atoms with Crippen molar-refractivity contribution in [1.82, 2.24) is 19.9 Å². The lowest BCUT2D eigenvalue weighted by Gasteiger charge is -2.12. The molecule has 0 aliphatic rings. The molecule has 0 bridgehead atoms. The number of nitrogens with one attached hydrogen (secondary N) is 2. The van der Waals surface area contributed by atoms with Gasteiger partial charge in [-0.3, -0.25) is 9.78 Å². The van der Waals surface area contributed by atoms with Gasteiger partial charge < -0.3 is 15.5 Å². The van der Waals surface area contributed by atoms with Crippen molar-refractivity contribution in [2.75, 3.05) is 37.8 Å². The van der Waals surface area contributed by atoms with E-state index in [0.717, 1.165) is 23.1 Å². The average Bonchev–Trinajstić information content (AvgIpc) is 2.61. The molecule has 0 aliphatic heterocycles. The summed E-state index contributed by atoms with van der Waals surface area (Å²) in [6.45, 7) is 3.39. The fraction of sp³-hybridized carbons (Fsp3) is 0.263. The number of rotatable bonds is 6. The predicted molar refractivity (Wildman–Crippen MR) is 104 cm³/mol. The minimum absolute atomic E-state index is 0.288. The Balaban J connectivity index is 1.80. The Hall–Kier alpha value is -3.06. The molecule has 0 atom stereocenters. The zero-order valence-corrected chi connectivity index (χ0v) is 15.2. The van der Waals surface area contributed by atoms with E-state index in [0.29, 0.717) is 23.9 Å². The monoisotopic (exact) mass is 350 g/mol. The number of pyridine rings is 1. The number of carbonyl (C=O) groups is 1. The van der Waals surface area contributed by atoms with Crippen LogP contribution in [0.3, 0.4) is 0 Å². The molecule has 0 unspecified atom stereocenters. The van der Waals surface area contributed by atoms with Crippen molar-refractivity contribution in [1.29, 1.82) is 0 Å². The minimum atomic E-state index is -0.288. The van der Waals surface area contributed by atoms with E-state index in [1.807, 2.05) is 51.4 Å². The van der Waals surface area contributed by atoms with E-state index in [1.165, 1.54) is 0 Å². The van der Waals surface area contributed by atoms with Gasteiger partial charge in [-0.1, -0.05) is 18.2 Å². The molecule has 3 aromatic rings. The molecule has 0 aliphatic carbocycles. The fourth-order valence-corrected chi connectivity index (χ4v) is 2.55. The highest BCUT2D eigenvalue weighted by Crippen LogP contribution is 2.21. The van der Waals surface area contributed by atoms with Crippen molar-refractivity contribution in [3.05, 3.63) is 54.0 Å². The summed E-state index contributed by atoms with van der Waals surface area (Å²) in [6.07, 6.45) is 1.71. The predicted octanol–water partition coefficient (Wildman–Crippen LogP) is 2.56. The first-order valence-electron chi connectivity index (χ1n) is 8.42. The minimum Gasteiger partial charge on any atom is -0.353 e. The smallest absolute Gasteiger partial charge is 0.274 e. The highest BCUT2D eigenvalue weighted by Gasteiger charge is 2.13. The number of aryl methyl sites for hydroxylation is 1. The second kappa shape index (κ2) is 7.88. The fourth-order valence-electron chi connectivity index (χ4n) is 2.55. The van der Waals surface area contributed by atoms with Crippen LogP contribution in [0.4, 0.5) is 11.6 Å². The molecule has 134 valence electrons. The maximum atomic E-state index is 12.7. The zero-order valence-electron chi connectivity index (χ0n) is 15.2. The van der Waals surface area contributed by atoms with Crippen molar-refractivity contribution in [3.63, 3.8) is 0 Å². The van der Waals surface area contributed by atoms with E-state index in [1.54, 1.807) is 12.3 Å². The molecule has 3 rings (SSSR count). The number of amides is 1. The second-order valence-corrected chi connectivity index (χ2v) is 6.28. The number of nitrogens with zero attached hydrogens (tertiary/aromatic N) is 4. The molecule has 26 heavy (non-hydrogen) atoms. The zero-order chi connectivity index (χ0) is 18.5. The van der Waals surface area contributed by atoms with Gasteiger partial charge in [0.05, 0.1) is 11.2 Å². The van der Waals surface area contributed by atoms with Crippen molar-refractivity contribution in [3.8, 4) is 0 Å². The van der Waals surface area contributed by atoms with E-state index in [9.17, 15) is 4.79 Å². The number of aromatic nitrogens is 3. The summed E-state index contributed by atoms with van der Waals surface area (Å²) in [4.78, 5) is 27.8. The SMILES string of the molecule is Cc1cc(C(=O)Nc2cccc3cccnc23)nc(NCCN(C)C)n1. The maximum absolute atomic E-state index is 12.7. The second-order valence-electron chi connectivity index (χ2n) is 6.28. The molecule has 2 N–H and O–H groups in total. The number of benzene rings is 1. The largest absolute Gasteiger partial charge is 0.353 e. The van der Waals surface area contributed by atoms with Gasteiger partial charge in [0.15, 0.2) is 0 Å². The lowest BCUT2D eigenvalue weighted by molar-refractivity contribution is 0.102. The molecule has 1 amide bonds. The first-order valence-corrected chi connectivity index (χ1v) is 8.42. The Bertz CT molecular complexity index is 920. The first kappa shape index (κ1) is 17.8. The lowest BCUT2D eigenvalue weighted by atomic mass is 10.2. The molecular weight excluding hydrogens is 328 g/mol. The van der Waals surface area contributed by atoms with Crippen LogP contribution in [0.1, 0.15) is 16.2 Å². The Kier molecular flexibility index (Phi) is 5.38. The quantitative estimate of drug-likeness (QED) is 0.711. The number of hydrogen-bond acceptors (Lipinski definition) is 6. The van der Waals surface area contributed by atoms with Crippen LogP contribution in [0, 0.1) is 6.92 Å². The number of para-hydroxylation sites is 1. The summed E-state index contributed by atoms with van der Waals surface area (Å²) in [5.41, 5.74) is 2.45. The van der Waals surface area contributed by atoms with Crippen LogP contribution in [-0.2, 0) is 0 Å². The molecule has 2 heterocycles. The van der Waals surface area contributed by atoms with Gasteiger partial charge in [-0.05, 0) is 39.2 Å². The van der Waals surface area contributed by atoms with Gasteiger partial charge in [-0.2, -0.15) is 0 Å². The number of anilines is 2. The Morgan fingerprint density at radius 3 is 2.77 bits per heavy atom. The van der Waals surface area contributed by atoms with Gasteiger partial charge in [-0.15, -0.1) is 0 Å². The average molecular weight is 350 g/mol. The van der Waals surface area contributed by atoms with Crippen molar-refractivity contribution in [2.24, 2.45) is 0 Å². The number of carbonyl (C=O) groups excluding carboxylic acids is 1. The van der Waals surface area contributed by atoms with Crippen LogP contribution in [-0.4, -0.2) is 52.9 Å². The summed E-state index contributed by atoms with van der Waals surface area (Å²) in [5.74, 6) is 0.164. The molecule has 0 radical (unpaired) electrons. The highest BCUT2D eigenvalue weighted by molar-refractivity contribution is 6.07. The summed E-state index contributed by atoms with van der Waals surface area (Å²) in [6, 6.07) is 11.2. The van der Waals surface area contributed by atoms with Gasteiger partial charge in [0.25, 0.3) is 5.91 Å². The summed E-state index contributed by atoms with van der Waals surface area (Å²) >= 11 is 0. The van der Waals surface area contributed by atoms with Crippen LogP contribution in [0.15, 0.2) is 42.6 Å². The van der Waals surface area contributed by atoms with Crippen LogP contribution in [0.5, 0.6) is 0 Å². The third-order valence-corrected chi connectivity index (χ3v) is 3.81.